The van der Waals surface area contributed by atoms with Gasteiger partial charge in [0.05, 0.1) is 0 Å². The van der Waals surface area contributed by atoms with Gasteiger partial charge in [0.15, 0.2) is 23.2 Å². The number of fused-ring (bicyclic) bond motifs is 1. The maximum absolute atomic E-state index is 14.7. The fraction of sp³-hybridized carbons (Fsp3) is 0.167. The van der Waals surface area contributed by atoms with Crippen molar-refractivity contribution < 1.29 is 17.9 Å². The largest absolute Gasteiger partial charge is 0.486 e. The highest BCUT2D eigenvalue weighted by Crippen LogP contribution is 2.33. The molecule has 0 heterocycles. The zero-order chi connectivity index (χ0) is 20.1. The molecule has 0 unspecified atom stereocenters. The summed E-state index contributed by atoms with van der Waals surface area (Å²) >= 11 is 0. The van der Waals surface area contributed by atoms with Crippen molar-refractivity contribution in [1.29, 1.82) is 0 Å². The lowest BCUT2D eigenvalue weighted by molar-refractivity contribution is 0.344. The van der Waals surface area contributed by atoms with Gasteiger partial charge in [0.1, 0.15) is 6.61 Å². The number of halogens is 3. The summed E-state index contributed by atoms with van der Waals surface area (Å²) < 4.78 is 49.1. The first-order valence-corrected chi connectivity index (χ1v) is 9.16. The number of benzene rings is 3. The van der Waals surface area contributed by atoms with E-state index in [1.807, 2.05) is 0 Å². The van der Waals surface area contributed by atoms with E-state index in [1.165, 1.54) is 30.3 Å². The molecule has 0 N–H and O–H groups in total. The van der Waals surface area contributed by atoms with Crippen LogP contribution in [-0.4, -0.2) is 6.61 Å². The Morgan fingerprint density at radius 1 is 0.964 bits per heavy atom. The summed E-state index contributed by atoms with van der Waals surface area (Å²) in [6.07, 6.45) is 3.40. The van der Waals surface area contributed by atoms with E-state index < -0.39 is 17.5 Å². The van der Waals surface area contributed by atoms with Crippen LogP contribution in [0.1, 0.15) is 30.0 Å². The van der Waals surface area contributed by atoms with E-state index in [4.69, 9.17) is 4.74 Å². The molecule has 0 bridgehead atoms. The Hall–Kier alpha value is -3.01. The van der Waals surface area contributed by atoms with Gasteiger partial charge in [-0.15, -0.1) is 0 Å². The van der Waals surface area contributed by atoms with Crippen LogP contribution in [0.15, 0.2) is 67.3 Å². The van der Waals surface area contributed by atoms with Gasteiger partial charge in [0, 0.05) is 16.5 Å². The van der Waals surface area contributed by atoms with Crippen LogP contribution in [0.25, 0.3) is 22.4 Å². The van der Waals surface area contributed by atoms with Gasteiger partial charge in [-0.1, -0.05) is 68.5 Å². The standard InChI is InChI=1S/C24H21F3O/c1-3-5-16-6-8-17(9-7-16)22(25)23(26)19-10-12-20-18(15-19)11-13-21(24(20)27)28-14-4-2/h4,6-13,15H,2-3,5,14H2,1H3. The molecular weight excluding hydrogens is 361 g/mol. The quantitative estimate of drug-likeness (QED) is 0.309. The summed E-state index contributed by atoms with van der Waals surface area (Å²) in [6.45, 7) is 5.77. The van der Waals surface area contributed by atoms with E-state index in [0.717, 1.165) is 18.4 Å². The van der Waals surface area contributed by atoms with Crippen LogP contribution in [-0.2, 0) is 6.42 Å². The lowest BCUT2D eigenvalue weighted by Gasteiger charge is -2.09. The summed E-state index contributed by atoms with van der Waals surface area (Å²) in [4.78, 5) is 0. The zero-order valence-electron chi connectivity index (χ0n) is 15.6. The molecule has 0 fully saturated rings. The Bertz CT molecular complexity index is 1020. The third kappa shape index (κ3) is 4.11. The molecule has 144 valence electrons. The highest BCUT2D eigenvalue weighted by molar-refractivity contribution is 5.91. The third-order valence-electron chi connectivity index (χ3n) is 4.47. The topological polar surface area (TPSA) is 9.23 Å². The predicted molar refractivity (Wildman–Crippen MR) is 109 cm³/mol. The molecule has 0 saturated heterocycles. The first-order chi connectivity index (χ1) is 13.5. The Labute approximate surface area is 162 Å². The number of hydrogen-bond acceptors (Lipinski definition) is 1. The van der Waals surface area contributed by atoms with E-state index in [1.54, 1.807) is 30.3 Å². The van der Waals surface area contributed by atoms with Crippen molar-refractivity contribution >= 4 is 22.4 Å². The van der Waals surface area contributed by atoms with Crippen LogP contribution in [0.5, 0.6) is 5.75 Å². The van der Waals surface area contributed by atoms with Gasteiger partial charge < -0.3 is 4.74 Å². The second-order valence-electron chi connectivity index (χ2n) is 6.49. The van der Waals surface area contributed by atoms with E-state index in [2.05, 4.69) is 13.5 Å². The fourth-order valence-corrected chi connectivity index (χ4v) is 3.03. The van der Waals surface area contributed by atoms with Crippen LogP contribution in [0.2, 0.25) is 0 Å². The second-order valence-corrected chi connectivity index (χ2v) is 6.49. The zero-order valence-corrected chi connectivity index (χ0v) is 15.6. The molecule has 3 rings (SSSR count). The van der Waals surface area contributed by atoms with Crippen molar-refractivity contribution in [1.82, 2.24) is 0 Å². The molecule has 4 heteroatoms. The summed E-state index contributed by atoms with van der Waals surface area (Å²) in [7, 11) is 0. The number of ether oxygens (including phenoxy) is 1. The SMILES string of the molecule is C=CCOc1ccc2cc(C(F)=C(F)c3ccc(CCC)cc3)ccc2c1F. The average molecular weight is 382 g/mol. The highest BCUT2D eigenvalue weighted by atomic mass is 19.2. The lowest BCUT2D eigenvalue weighted by Crippen LogP contribution is -1.96. The highest BCUT2D eigenvalue weighted by Gasteiger charge is 2.14. The van der Waals surface area contributed by atoms with Gasteiger partial charge in [0.25, 0.3) is 0 Å². The maximum Gasteiger partial charge on any atom is 0.172 e. The molecule has 0 aliphatic carbocycles. The van der Waals surface area contributed by atoms with Crippen LogP contribution in [0.3, 0.4) is 0 Å². The molecule has 0 radical (unpaired) electrons. The van der Waals surface area contributed by atoms with Crippen molar-refractivity contribution in [3.8, 4) is 5.75 Å². The van der Waals surface area contributed by atoms with Gasteiger partial charge in [-0.2, -0.15) is 0 Å². The van der Waals surface area contributed by atoms with Crippen molar-refractivity contribution in [2.24, 2.45) is 0 Å². The van der Waals surface area contributed by atoms with Gasteiger partial charge in [-0.3, -0.25) is 0 Å². The molecule has 0 saturated carbocycles. The van der Waals surface area contributed by atoms with Crippen molar-refractivity contribution in [2.45, 2.75) is 19.8 Å². The molecule has 0 spiro atoms. The van der Waals surface area contributed by atoms with Crippen LogP contribution in [0, 0.1) is 5.82 Å². The summed E-state index contributed by atoms with van der Waals surface area (Å²) in [5.74, 6) is -2.36. The molecular formula is C24H21F3O. The third-order valence-corrected chi connectivity index (χ3v) is 4.47. The first-order valence-electron chi connectivity index (χ1n) is 9.16. The minimum absolute atomic E-state index is 0.0572. The number of hydrogen-bond donors (Lipinski definition) is 0. The van der Waals surface area contributed by atoms with Crippen molar-refractivity contribution in [3.05, 3.63) is 89.8 Å². The molecule has 0 atom stereocenters. The van der Waals surface area contributed by atoms with Crippen LogP contribution in [0.4, 0.5) is 13.2 Å². The summed E-state index contributed by atoms with van der Waals surface area (Å²) in [5.41, 5.74) is 1.31. The van der Waals surface area contributed by atoms with Crippen molar-refractivity contribution in [2.75, 3.05) is 6.61 Å². The minimum Gasteiger partial charge on any atom is -0.486 e. The van der Waals surface area contributed by atoms with Crippen LogP contribution >= 0.6 is 0 Å². The molecule has 0 amide bonds. The molecule has 0 aromatic heterocycles. The molecule has 0 aliphatic heterocycles. The molecule has 3 aromatic rings. The molecule has 28 heavy (non-hydrogen) atoms. The number of rotatable bonds is 7. The fourth-order valence-electron chi connectivity index (χ4n) is 3.03. The summed E-state index contributed by atoms with van der Waals surface area (Å²) in [5, 5.41) is 0.740. The summed E-state index contributed by atoms with van der Waals surface area (Å²) in [6, 6.07) is 14.0. The Kier molecular flexibility index (Phi) is 6.19. The van der Waals surface area contributed by atoms with Crippen molar-refractivity contribution in [3.63, 3.8) is 0 Å². The molecule has 1 nitrogen and oxygen atoms in total. The normalized spacial score (nSPS) is 12.0. The lowest BCUT2D eigenvalue weighted by atomic mass is 10.0. The van der Waals surface area contributed by atoms with E-state index >= 15 is 0 Å². The Morgan fingerprint density at radius 2 is 1.64 bits per heavy atom. The number of aryl methyl sites for hydroxylation is 1. The predicted octanol–water partition coefficient (Wildman–Crippen LogP) is 7.26. The van der Waals surface area contributed by atoms with Gasteiger partial charge in [0.2, 0.25) is 0 Å². The van der Waals surface area contributed by atoms with Gasteiger partial charge in [-0.05, 0) is 29.5 Å². The molecule has 3 aromatic carbocycles. The second kappa shape index (κ2) is 8.79. The van der Waals surface area contributed by atoms with E-state index in [9.17, 15) is 13.2 Å². The first kappa shape index (κ1) is 19.7. The Morgan fingerprint density at radius 3 is 2.32 bits per heavy atom. The Balaban J connectivity index is 1.95. The maximum atomic E-state index is 14.7. The van der Waals surface area contributed by atoms with E-state index in [-0.39, 0.29) is 28.9 Å². The smallest absolute Gasteiger partial charge is 0.172 e. The van der Waals surface area contributed by atoms with Gasteiger partial charge in [-0.25, -0.2) is 13.2 Å². The average Bonchev–Trinajstić information content (AvgIpc) is 2.73. The van der Waals surface area contributed by atoms with E-state index in [0.29, 0.717) is 5.39 Å². The molecule has 0 aliphatic rings. The van der Waals surface area contributed by atoms with Crippen LogP contribution < -0.4 is 4.74 Å². The minimum atomic E-state index is -0.975. The monoisotopic (exact) mass is 382 g/mol. The van der Waals surface area contributed by atoms with Gasteiger partial charge >= 0.3 is 0 Å².